The largest absolute Gasteiger partial charge is 0.279 e. The molecule has 0 aromatic carbocycles. The van der Waals surface area contributed by atoms with Gasteiger partial charge in [0.05, 0.1) is 0 Å². The summed E-state index contributed by atoms with van der Waals surface area (Å²) in [7, 11) is 3.91. The van der Waals surface area contributed by atoms with E-state index in [2.05, 4.69) is 42.8 Å². The molecule has 1 heterocycles. The number of rotatable bonds is 6. The lowest BCUT2D eigenvalue weighted by molar-refractivity contribution is 0.192. The molecule has 0 aromatic rings. The fourth-order valence-electron chi connectivity index (χ4n) is 1.73. The van der Waals surface area contributed by atoms with Gasteiger partial charge in [0, 0.05) is 0 Å². The average molecular weight is 249 g/mol. The van der Waals surface area contributed by atoms with Crippen molar-refractivity contribution < 1.29 is 0 Å². The molecule has 0 aliphatic carbocycles. The van der Waals surface area contributed by atoms with Gasteiger partial charge < -0.3 is 0 Å². The molecule has 0 radical (unpaired) electrons. The highest BCUT2D eigenvalue weighted by atomic mass is 33.1. The Balaban J connectivity index is 2.43. The molecule has 0 bridgehead atoms. The smallest absolute Gasteiger partial charge is 0.120 e. The molecule has 0 saturated carbocycles. The van der Waals surface area contributed by atoms with E-state index < -0.39 is 0 Å². The lowest BCUT2D eigenvalue weighted by Crippen LogP contribution is -2.48. The molecular formula is C10H23N3S2. The zero-order chi connectivity index (χ0) is 11.3. The van der Waals surface area contributed by atoms with Crippen LogP contribution in [0.15, 0.2) is 0 Å². The summed E-state index contributed by atoms with van der Waals surface area (Å²) in [6.07, 6.45) is 0. The van der Waals surface area contributed by atoms with E-state index in [1.165, 1.54) is 0 Å². The van der Waals surface area contributed by atoms with E-state index in [1.54, 1.807) is 0 Å². The maximum atomic E-state index is 3.67. The molecule has 90 valence electrons. The van der Waals surface area contributed by atoms with Crippen molar-refractivity contribution in [3.05, 3.63) is 0 Å². The zero-order valence-electron chi connectivity index (χ0n) is 10.2. The molecule has 1 rings (SSSR count). The first kappa shape index (κ1) is 13.6. The molecule has 15 heavy (non-hydrogen) atoms. The molecule has 1 aliphatic rings. The number of hydrogen-bond donors (Lipinski definition) is 1. The van der Waals surface area contributed by atoms with E-state index in [0.29, 0.717) is 11.0 Å². The highest BCUT2D eigenvalue weighted by Crippen LogP contribution is 2.38. The highest BCUT2D eigenvalue weighted by molar-refractivity contribution is 8.77. The van der Waals surface area contributed by atoms with Gasteiger partial charge in [0.2, 0.25) is 0 Å². The lowest BCUT2D eigenvalue weighted by Gasteiger charge is -2.28. The molecule has 0 aromatic heterocycles. The van der Waals surface area contributed by atoms with Crippen LogP contribution in [0.1, 0.15) is 27.7 Å². The molecule has 2 unspecified atom stereocenters. The van der Waals surface area contributed by atoms with Crippen molar-refractivity contribution in [2.24, 2.45) is 0 Å². The van der Waals surface area contributed by atoms with Crippen molar-refractivity contribution >= 4 is 21.6 Å². The van der Waals surface area contributed by atoms with Gasteiger partial charge in [0.15, 0.2) is 0 Å². The standard InChI is InChI=1S/C10H23N3S2/c1-5-12(6-2)9-11-10(15-14-9)13(7-3)8-4/h9-11H,5-8H2,1-4H3. The first-order valence-corrected chi connectivity index (χ1v) is 8.10. The minimum atomic E-state index is 0.482. The van der Waals surface area contributed by atoms with Gasteiger partial charge in [-0.1, -0.05) is 49.3 Å². The second-order valence-electron chi connectivity index (χ2n) is 3.51. The van der Waals surface area contributed by atoms with Gasteiger partial charge in [-0.05, 0) is 26.2 Å². The van der Waals surface area contributed by atoms with Crippen LogP contribution in [0.5, 0.6) is 0 Å². The number of hydrogen-bond acceptors (Lipinski definition) is 5. The molecular weight excluding hydrogens is 226 g/mol. The SMILES string of the molecule is CCN(CC)C1NC(N(CC)CC)SS1. The van der Waals surface area contributed by atoms with Crippen molar-refractivity contribution in [2.75, 3.05) is 26.2 Å². The maximum Gasteiger partial charge on any atom is 0.120 e. The molecule has 0 spiro atoms. The van der Waals surface area contributed by atoms with E-state index in [9.17, 15) is 0 Å². The first-order chi connectivity index (χ1) is 7.26. The second-order valence-corrected chi connectivity index (χ2v) is 5.94. The molecule has 0 amide bonds. The van der Waals surface area contributed by atoms with Gasteiger partial charge in [-0.25, -0.2) is 0 Å². The Hall–Kier alpha value is 0.580. The Labute approximate surface area is 102 Å². The summed E-state index contributed by atoms with van der Waals surface area (Å²) in [6, 6.07) is 0. The summed E-state index contributed by atoms with van der Waals surface area (Å²) in [5.74, 6) is 0. The minimum Gasteiger partial charge on any atom is -0.279 e. The predicted molar refractivity (Wildman–Crippen MR) is 71.7 cm³/mol. The highest BCUT2D eigenvalue weighted by Gasteiger charge is 2.31. The van der Waals surface area contributed by atoms with Gasteiger partial charge >= 0.3 is 0 Å². The second kappa shape index (κ2) is 7.01. The van der Waals surface area contributed by atoms with Crippen molar-refractivity contribution in [1.29, 1.82) is 0 Å². The Kier molecular flexibility index (Phi) is 6.38. The van der Waals surface area contributed by atoms with Crippen molar-refractivity contribution in [3.8, 4) is 0 Å². The molecule has 1 saturated heterocycles. The third-order valence-corrected chi connectivity index (χ3v) is 5.58. The normalized spacial score (nSPS) is 26.8. The topological polar surface area (TPSA) is 18.5 Å². The Morgan fingerprint density at radius 2 is 1.13 bits per heavy atom. The van der Waals surface area contributed by atoms with E-state index in [1.807, 2.05) is 21.6 Å². The molecule has 5 heteroatoms. The monoisotopic (exact) mass is 249 g/mol. The summed E-state index contributed by atoms with van der Waals surface area (Å²) in [5, 5.41) is 3.67. The molecule has 1 N–H and O–H groups in total. The van der Waals surface area contributed by atoms with Gasteiger partial charge in [0.25, 0.3) is 0 Å². The van der Waals surface area contributed by atoms with Crippen molar-refractivity contribution in [2.45, 2.75) is 38.7 Å². The third kappa shape index (κ3) is 3.53. The Bertz CT molecular complexity index is 154. The quantitative estimate of drug-likeness (QED) is 0.726. The van der Waals surface area contributed by atoms with Crippen LogP contribution in [-0.4, -0.2) is 47.0 Å². The fourth-order valence-corrected chi connectivity index (χ4v) is 4.93. The molecule has 2 atom stereocenters. The molecule has 1 fully saturated rings. The van der Waals surface area contributed by atoms with Crippen LogP contribution < -0.4 is 5.32 Å². The fraction of sp³-hybridized carbons (Fsp3) is 1.00. The summed E-state index contributed by atoms with van der Waals surface area (Å²) < 4.78 is 0. The Morgan fingerprint density at radius 3 is 1.40 bits per heavy atom. The average Bonchev–Trinajstić information content (AvgIpc) is 2.71. The van der Waals surface area contributed by atoms with Crippen LogP contribution in [0.3, 0.4) is 0 Å². The van der Waals surface area contributed by atoms with Crippen LogP contribution in [0, 0.1) is 0 Å². The van der Waals surface area contributed by atoms with Crippen LogP contribution in [0.2, 0.25) is 0 Å². The minimum absolute atomic E-state index is 0.482. The van der Waals surface area contributed by atoms with Crippen LogP contribution >= 0.6 is 21.6 Å². The molecule has 3 nitrogen and oxygen atoms in total. The Morgan fingerprint density at radius 1 is 0.800 bits per heavy atom. The number of nitrogens with one attached hydrogen (secondary N) is 1. The third-order valence-electron chi connectivity index (χ3n) is 2.81. The van der Waals surface area contributed by atoms with E-state index in [-0.39, 0.29) is 0 Å². The summed E-state index contributed by atoms with van der Waals surface area (Å²) in [4.78, 5) is 4.92. The summed E-state index contributed by atoms with van der Waals surface area (Å²) in [6.45, 7) is 13.4. The van der Waals surface area contributed by atoms with Crippen molar-refractivity contribution in [1.82, 2.24) is 15.1 Å². The summed E-state index contributed by atoms with van der Waals surface area (Å²) >= 11 is 0. The predicted octanol–water partition coefficient (Wildman–Crippen LogP) is 2.22. The summed E-state index contributed by atoms with van der Waals surface area (Å²) in [5.41, 5.74) is 0.964. The van der Waals surface area contributed by atoms with Gasteiger partial charge in [0.1, 0.15) is 11.0 Å². The lowest BCUT2D eigenvalue weighted by atomic mass is 10.5. The van der Waals surface area contributed by atoms with E-state index in [4.69, 9.17) is 0 Å². The van der Waals surface area contributed by atoms with Gasteiger partial charge in [-0.3, -0.25) is 15.1 Å². The maximum absolute atomic E-state index is 3.67. The van der Waals surface area contributed by atoms with Gasteiger partial charge in [-0.15, -0.1) is 0 Å². The first-order valence-electron chi connectivity index (χ1n) is 5.83. The van der Waals surface area contributed by atoms with E-state index >= 15 is 0 Å². The van der Waals surface area contributed by atoms with Crippen molar-refractivity contribution in [3.63, 3.8) is 0 Å². The molecule has 1 aliphatic heterocycles. The zero-order valence-corrected chi connectivity index (χ0v) is 11.8. The van der Waals surface area contributed by atoms with Gasteiger partial charge in [-0.2, -0.15) is 0 Å². The number of nitrogens with zero attached hydrogens (tertiary/aromatic N) is 2. The van der Waals surface area contributed by atoms with E-state index in [0.717, 1.165) is 26.2 Å². The van der Waals surface area contributed by atoms with Crippen LogP contribution in [0.4, 0.5) is 0 Å². The van der Waals surface area contributed by atoms with Crippen LogP contribution in [0.25, 0.3) is 0 Å². The van der Waals surface area contributed by atoms with Crippen LogP contribution in [-0.2, 0) is 0 Å².